The molecule has 1 saturated heterocycles. The average Bonchev–Trinajstić information content (AvgIpc) is 3.18. The van der Waals surface area contributed by atoms with E-state index < -0.39 is 6.10 Å². The molecule has 0 spiro atoms. The molecule has 0 radical (unpaired) electrons. The van der Waals surface area contributed by atoms with Gasteiger partial charge in [-0.2, -0.15) is 0 Å². The predicted molar refractivity (Wildman–Crippen MR) is 74.8 cm³/mol. The number of rotatable bonds is 3. The second-order valence-corrected chi connectivity index (χ2v) is 5.10. The number of hydrogen-bond donors (Lipinski definition) is 0. The number of hydrogen-bond acceptors (Lipinski definition) is 4. The largest absolute Gasteiger partial charge is 0.497 e. The molecule has 0 unspecified atom stereocenters. The molecule has 0 N–H and O–H groups in total. The van der Waals surface area contributed by atoms with Crippen LogP contribution >= 0.6 is 0 Å². The van der Waals surface area contributed by atoms with Crippen molar-refractivity contribution in [3.8, 4) is 5.75 Å². The van der Waals surface area contributed by atoms with Gasteiger partial charge in [0.05, 0.1) is 12.8 Å². The summed E-state index contributed by atoms with van der Waals surface area (Å²) in [4.78, 5) is 19.4. The smallest absolute Gasteiger partial charge is 0.266 e. The van der Waals surface area contributed by atoms with E-state index in [-0.39, 0.29) is 5.91 Å². The highest BCUT2D eigenvalue weighted by molar-refractivity contribution is 6.04. The molecule has 5 heteroatoms. The SMILES string of the molecule is COc1ccc(C2=NO[C@@H](C(=O)N3CCCC3)C2)cc1. The van der Waals surface area contributed by atoms with Gasteiger partial charge in [0, 0.05) is 19.5 Å². The summed E-state index contributed by atoms with van der Waals surface area (Å²) >= 11 is 0. The van der Waals surface area contributed by atoms with Gasteiger partial charge in [0.25, 0.3) is 5.91 Å². The molecule has 5 nitrogen and oxygen atoms in total. The molecule has 2 aliphatic rings. The van der Waals surface area contributed by atoms with Crippen LogP contribution in [0.25, 0.3) is 0 Å². The third kappa shape index (κ3) is 2.48. The first-order chi connectivity index (χ1) is 9.78. The molecule has 0 aromatic heterocycles. The molecule has 1 amide bonds. The van der Waals surface area contributed by atoms with Crippen molar-refractivity contribution in [1.29, 1.82) is 0 Å². The summed E-state index contributed by atoms with van der Waals surface area (Å²) in [7, 11) is 1.63. The Bertz CT molecular complexity index is 518. The Hall–Kier alpha value is -2.04. The molecule has 1 aromatic rings. The van der Waals surface area contributed by atoms with E-state index in [0.717, 1.165) is 43.0 Å². The monoisotopic (exact) mass is 274 g/mol. The molecule has 1 aromatic carbocycles. The quantitative estimate of drug-likeness (QED) is 0.844. The van der Waals surface area contributed by atoms with Gasteiger partial charge in [-0.05, 0) is 42.7 Å². The number of oxime groups is 1. The lowest BCUT2D eigenvalue weighted by Gasteiger charge is -2.18. The van der Waals surface area contributed by atoms with Crippen molar-refractivity contribution in [2.45, 2.75) is 25.4 Å². The number of amides is 1. The number of carbonyl (C=O) groups is 1. The molecule has 1 atom stereocenters. The Balaban J connectivity index is 1.64. The number of benzene rings is 1. The number of likely N-dealkylation sites (tertiary alicyclic amines) is 1. The minimum atomic E-state index is -0.454. The maximum atomic E-state index is 12.2. The fraction of sp³-hybridized carbons (Fsp3) is 0.467. The summed E-state index contributed by atoms with van der Waals surface area (Å²) in [6.45, 7) is 1.69. The lowest BCUT2D eigenvalue weighted by molar-refractivity contribution is -0.140. The maximum absolute atomic E-state index is 12.2. The van der Waals surface area contributed by atoms with Crippen molar-refractivity contribution in [3.63, 3.8) is 0 Å². The minimum Gasteiger partial charge on any atom is -0.497 e. The molecule has 0 aliphatic carbocycles. The zero-order valence-corrected chi connectivity index (χ0v) is 11.5. The molecule has 1 fully saturated rings. The number of carbonyl (C=O) groups excluding carboxylic acids is 1. The van der Waals surface area contributed by atoms with E-state index >= 15 is 0 Å². The van der Waals surface area contributed by atoms with Crippen LogP contribution in [-0.2, 0) is 9.63 Å². The Kier molecular flexibility index (Phi) is 3.58. The first kappa shape index (κ1) is 13.0. The summed E-state index contributed by atoms with van der Waals surface area (Å²) in [5, 5.41) is 4.06. The predicted octanol–water partition coefficient (Wildman–Crippen LogP) is 1.81. The highest BCUT2D eigenvalue weighted by Gasteiger charge is 2.33. The summed E-state index contributed by atoms with van der Waals surface area (Å²) in [5.41, 5.74) is 1.80. The fourth-order valence-corrected chi connectivity index (χ4v) is 2.60. The highest BCUT2D eigenvalue weighted by Crippen LogP contribution is 2.21. The molecular weight excluding hydrogens is 256 g/mol. The van der Waals surface area contributed by atoms with Crippen LogP contribution in [0.4, 0.5) is 0 Å². The Morgan fingerprint density at radius 3 is 2.65 bits per heavy atom. The average molecular weight is 274 g/mol. The molecule has 2 heterocycles. The van der Waals surface area contributed by atoms with Crippen LogP contribution in [0.2, 0.25) is 0 Å². The second kappa shape index (κ2) is 5.53. The van der Waals surface area contributed by atoms with E-state index in [4.69, 9.17) is 9.57 Å². The number of nitrogens with zero attached hydrogens (tertiary/aromatic N) is 2. The third-order valence-corrected chi connectivity index (χ3v) is 3.79. The third-order valence-electron chi connectivity index (χ3n) is 3.79. The summed E-state index contributed by atoms with van der Waals surface area (Å²) in [6, 6.07) is 7.63. The lowest BCUT2D eigenvalue weighted by atomic mass is 10.0. The van der Waals surface area contributed by atoms with Crippen LogP contribution in [0, 0.1) is 0 Å². The van der Waals surface area contributed by atoms with E-state index in [1.165, 1.54) is 0 Å². The molecule has 0 bridgehead atoms. The second-order valence-electron chi connectivity index (χ2n) is 5.10. The fourth-order valence-electron chi connectivity index (χ4n) is 2.60. The van der Waals surface area contributed by atoms with Gasteiger partial charge >= 0.3 is 0 Å². The van der Waals surface area contributed by atoms with Crippen molar-refractivity contribution in [2.75, 3.05) is 20.2 Å². The van der Waals surface area contributed by atoms with E-state index in [1.807, 2.05) is 29.2 Å². The van der Waals surface area contributed by atoms with Crippen molar-refractivity contribution in [2.24, 2.45) is 5.16 Å². The summed E-state index contributed by atoms with van der Waals surface area (Å²) < 4.78 is 5.13. The van der Waals surface area contributed by atoms with Crippen LogP contribution in [0.3, 0.4) is 0 Å². The van der Waals surface area contributed by atoms with E-state index in [1.54, 1.807) is 7.11 Å². The molecular formula is C15H18N2O3. The van der Waals surface area contributed by atoms with Gasteiger partial charge < -0.3 is 14.5 Å². The van der Waals surface area contributed by atoms with Gasteiger partial charge in [-0.1, -0.05) is 5.16 Å². The van der Waals surface area contributed by atoms with E-state index in [2.05, 4.69) is 5.16 Å². The lowest BCUT2D eigenvalue weighted by Crippen LogP contribution is -2.37. The van der Waals surface area contributed by atoms with Crippen molar-refractivity contribution in [1.82, 2.24) is 4.90 Å². The molecule has 106 valence electrons. The number of ether oxygens (including phenoxy) is 1. The molecule has 20 heavy (non-hydrogen) atoms. The van der Waals surface area contributed by atoms with Crippen LogP contribution in [0.15, 0.2) is 29.4 Å². The van der Waals surface area contributed by atoms with E-state index in [0.29, 0.717) is 6.42 Å². The zero-order valence-electron chi connectivity index (χ0n) is 11.5. The van der Waals surface area contributed by atoms with Crippen LogP contribution in [-0.4, -0.2) is 42.8 Å². The maximum Gasteiger partial charge on any atom is 0.266 e. The van der Waals surface area contributed by atoms with Gasteiger partial charge in [0.2, 0.25) is 6.10 Å². The van der Waals surface area contributed by atoms with Crippen LogP contribution < -0.4 is 4.74 Å². The summed E-state index contributed by atoms with van der Waals surface area (Å²) in [6.07, 6.45) is 2.27. The Morgan fingerprint density at radius 1 is 1.30 bits per heavy atom. The van der Waals surface area contributed by atoms with Gasteiger partial charge in [-0.15, -0.1) is 0 Å². The Morgan fingerprint density at radius 2 is 2.00 bits per heavy atom. The van der Waals surface area contributed by atoms with E-state index in [9.17, 15) is 4.79 Å². The van der Waals surface area contributed by atoms with Crippen LogP contribution in [0.1, 0.15) is 24.8 Å². The van der Waals surface area contributed by atoms with Gasteiger partial charge in [0.1, 0.15) is 5.75 Å². The van der Waals surface area contributed by atoms with Crippen molar-refractivity contribution in [3.05, 3.63) is 29.8 Å². The zero-order chi connectivity index (χ0) is 13.9. The summed E-state index contributed by atoms with van der Waals surface area (Å²) in [5.74, 6) is 0.868. The van der Waals surface area contributed by atoms with Crippen molar-refractivity contribution < 1.29 is 14.4 Å². The topological polar surface area (TPSA) is 51.1 Å². The minimum absolute atomic E-state index is 0.0646. The highest BCUT2D eigenvalue weighted by atomic mass is 16.6. The molecule has 3 rings (SSSR count). The first-order valence-corrected chi connectivity index (χ1v) is 6.94. The van der Waals surface area contributed by atoms with Gasteiger partial charge in [0.15, 0.2) is 0 Å². The van der Waals surface area contributed by atoms with Crippen LogP contribution in [0.5, 0.6) is 5.75 Å². The molecule has 2 aliphatic heterocycles. The molecule has 0 saturated carbocycles. The first-order valence-electron chi connectivity index (χ1n) is 6.94. The number of methoxy groups -OCH3 is 1. The van der Waals surface area contributed by atoms with Crippen molar-refractivity contribution >= 4 is 11.6 Å². The standard InChI is InChI=1S/C15H18N2O3/c1-19-12-6-4-11(5-7-12)13-10-14(20-16-13)15(18)17-8-2-3-9-17/h4-7,14H,2-3,8-10H2,1H3/t14-/m1/s1. The normalized spacial score (nSPS) is 21.6. The Labute approximate surface area is 118 Å². The van der Waals surface area contributed by atoms with Gasteiger partial charge in [-0.25, -0.2) is 0 Å². The van der Waals surface area contributed by atoms with Gasteiger partial charge in [-0.3, -0.25) is 4.79 Å².